The van der Waals surface area contributed by atoms with Crippen LogP contribution in [0.4, 0.5) is 0 Å². The van der Waals surface area contributed by atoms with E-state index in [-0.39, 0.29) is 6.04 Å². The van der Waals surface area contributed by atoms with Crippen LogP contribution in [0.25, 0.3) is 11.1 Å². The Balaban J connectivity index is 2.56. The third-order valence-electron chi connectivity index (χ3n) is 3.85. The van der Waals surface area contributed by atoms with Gasteiger partial charge in [-0.3, -0.25) is 0 Å². The van der Waals surface area contributed by atoms with Gasteiger partial charge in [-0.1, -0.05) is 29.8 Å². The molecular formula is C18H22ClNO. The molecule has 2 rings (SSSR count). The fraction of sp³-hybridized carbons (Fsp3) is 0.333. The summed E-state index contributed by atoms with van der Waals surface area (Å²) in [5, 5.41) is 3.99. The van der Waals surface area contributed by atoms with Crippen LogP contribution in [0.1, 0.15) is 29.7 Å². The first-order chi connectivity index (χ1) is 9.97. The maximum atomic E-state index is 6.45. The number of hydrogen-bond acceptors (Lipinski definition) is 2. The average Bonchev–Trinajstić information content (AvgIpc) is 2.45. The van der Waals surface area contributed by atoms with Crippen molar-refractivity contribution < 1.29 is 4.74 Å². The fourth-order valence-corrected chi connectivity index (χ4v) is 2.99. The van der Waals surface area contributed by atoms with Crippen molar-refractivity contribution in [2.45, 2.75) is 26.8 Å². The van der Waals surface area contributed by atoms with Crippen LogP contribution in [-0.2, 0) is 0 Å². The van der Waals surface area contributed by atoms with Crippen molar-refractivity contribution in [1.82, 2.24) is 5.32 Å². The van der Waals surface area contributed by atoms with E-state index in [1.54, 1.807) is 7.11 Å². The molecule has 2 aromatic carbocycles. The molecule has 2 aromatic rings. The summed E-state index contributed by atoms with van der Waals surface area (Å²) >= 11 is 6.45. The number of hydrogen-bond donors (Lipinski definition) is 1. The summed E-state index contributed by atoms with van der Waals surface area (Å²) in [5.74, 6) is 0.887. The van der Waals surface area contributed by atoms with Crippen LogP contribution in [0, 0.1) is 13.8 Å². The van der Waals surface area contributed by atoms with Crippen molar-refractivity contribution in [2.75, 3.05) is 14.2 Å². The minimum Gasteiger partial charge on any atom is -0.496 e. The Kier molecular flexibility index (Phi) is 4.92. The SMILES string of the molecule is CNC(C)c1ccc(-c2c(C)cc(C)cc2OC)cc1Cl. The van der Waals surface area contributed by atoms with Crippen LogP contribution in [0.15, 0.2) is 30.3 Å². The number of methoxy groups -OCH3 is 1. The third kappa shape index (κ3) is 3.22. The molecule has 21 heavy (non-hydrogen) atoms. The van der Waals surface area contributed by atoms with E-state index >= 15 is 0 Å². The topological polar surface area (TPSA) is 21.3 Å². The predicted octanol–water partition coefficient (Wildman–Crippen LogP) is 4.91. The van der Waals surface area contributed by atoms with Crippen LogP contribution in [-0.4, -0.2) is 14.2 Å². The van der Waals surface area contributed by atoms with Crippen molar-refractivity contribution in [3.63, 3.8) is 0 Å². The van der Waals surface area contributed by atoms with Gasteiger partial charge < -0.3 is 10.1 Å². The molecule has 0 fully saturated rings. The second kappa shape index (κ2) is 6.50. The highest BCUT2D eigenvalue weighted by Crippen LogP contribution is 2.37. The van der Waals surface area contributed by atoms with Gasteiger partial charge in [-0.25, -0.2) is 0 Å². The van der Waals surface area contributed by atoms with Crippen LogP contribution in [0.3, 0.4) is 0 Å². The first-order valence-electron chi connectivity index (χ1n) is 7.10. The second-order valence-corrected chi connectivity index (χ2v) is 5.81. The maximum Gasteiger partial charge on any atom is 0.127 e. The molecule has 0 aliphatic heterocycles. The summed E-state index contributed by atoms with van der Waals surface area (Å²) in [6, 6.07) is 10.7. The summed E-state index contributed by atoms with van der Waals surface area (Å²) in [6.45, 7) is 6.27. The molecule has 1 unspecified atom stereocenters. The Morgan fingerprint density at radius 1 is 1.14 bits per heavy atom. The van der Waals surface area contributed by atoms with Gasteiger partial charge in [0.1, 0.15) is 5.75 Å². The molecule has 1 N–H and O–H groups in total. The molecule has 0 saturated heterocycles. The monoisotopic (exact) mass is 303 g/mol. The number of nitrogens with one attached hydrogen (secondary N) is 1. The van der Waals surface area contributed by atoms with E-state index < -0.39 is 0 Å². The molecule has 0 radical (unpaired) electrons. The molecule has 0 bridgehead atoms. The lowest BCUT2D eigenvalue weighted by molar-refractivity contribution is 0.416. The molecule has 1 atom stereocenters. The second-order valence-electron chi connectivity index (χ2n) is 5.41. The minimum absolute atomic E-state index is 0.229. The lowest BCUT2D eigenvalue weighted by Gasteiger charge is -2.17. The van der Waals surface area contributed by atoms with Gasteiger partial charge in [0.25, 0.3) is 0 Å². The smallest absolute Gasteiger partial charge is 0.127 e. The van der Waals surface area contributed by atoms with Gasteiger partial charge in [0.15, 0.2) is 0 Å². The van der Waals surface area contributed by atoms with Crippen molar-refractivity contribution >= 4 is 11.6 Å². The van der Waals surface area contributed by atoms with Crippen molar-refractivity contribution in [1.29, 1.82) is 0 Å². The van der Waals surface area contributed by atoms with E-state index in [2.05, 4.69) is 50.4 Å². The zero-order valence-electron chi connectivity index (χ0n) is 13.3. The highest BCUT2D eigenvalue weighted by Gasteiger charge is 2.13. The molecule has 0 amide bonds. The number of benzene rings is 2. The molecule has 0 aromatic heterocycles. The number of halogens is 1. The number of rotatable bonds is 4. The molecule has 0 aliphatic rings. The van der Waals surface area contributed by atoms with Gasteiger partial charge in [0.2, 0.25) is 0 Å². The summed E-state index contributed by atoms with van der Waals surface area (Å²) in [7, 11) is 3.64. The van der Waals surface area contributed by atoms with Gasteiger partial charge >= 0.3 is 0 Å². The van der Waals surface area contributed by atoms with Crippen molar-refractivity contribution in [2.24, 2.45) is 0 Å². The normalized spacial score (nSPS) is 12.3. The van der Waals surface area contributed by atoms with Gasteiger partial charge in [0, 0.05) is 16.6 Å². The highest BCUT2D eigenvalue weighted by molar-refractivity contribution is 6.31. The molecular weight excluding hydrogens is 282 g/mol. The zero-order chi connectivity index (χ0) is 15.6. The summed E-state index contributed by atoms with van der Waals surface area (Å²) in [6.07, 6.45) is 0. The van der Waals surface area contributed by atoms with Crippen LogP contribution in [0.5, 0.6) is 5.75 Å². The Hall–Kier alpha value is -1.51. The predicted molar refractivity (Wildman–Crippen MR) is 90.4 cm³/mol. The Morgan fingerprint density at radius 3 is 2.43 bits per heavy atom. The molecule has 0 saturated carbocycles. The van der Waals surface area contributed by atoms with Crippen LogP contribution >= 0.6 is 11.6 Å². The van der Waals surface area contributed by atoms with Crippen molar-refractivity contribution in [3.8, 4) is 16.9 Å². The van der Waals surface area contributed by atoms with E-state index in [4.69, 9.17) is 16.3 Å². The quantitative estimate of drug-likeness (QED) is 0.866. The van der Waals surface area contributed by atoms with E-state index in [1.165, 1.54) is 11.1 Å². The number of ether oxygens (including phenoxy) is 1. The summed E-state index contributed by atoms with van der Waals surface area (Å²) in [5.41, 5.74) is 5.68. The lowest BCUT2D eigenvalue weighted by atomic mass is 9.95. The van der Waals surface area contributed by atoms with Gasteiger partial charge in [-0.2, -0.15) is 0 Å². The largest absolute Gasteiger partial charge is 0.496 e. The van der Waals surface area contributed by atoms with Crippen LogP contribution < -0.4 is 10.1 Å². The first-order valence-corrected chi connectivity index (χ1v) is 7.48. The molecule has 112 valence electrons. The Morgan fingerprint density at radius 2 is 1.86 bits per heavy atom. The minimum atomic E-state index is 0.229. The van der Waals surface area contributed by atoms with Crippen molar-refractivity contribution in [3.05, 3.63) is 52.0 Å². The van der Waals surface area contributed by atoms with E-state index in [0.717, 1.165) is 27.5 Å². The lowest BCUT2D eigenvalue weighted by Crippen LogP contribution is -2.12. The molecule has 2 nitrogen and oxygen atoms in total. The van der Waals surface area contributed by atoms with Crippen LogP contribution in [0.2, 0.25) is 5.02 Å². The zero-order valence-corrected chi connectivity index (χ0v) is 14.0. The van der Waals surface area contributed by atoms with E-state index in [0.29, 0.717) is 0 Å². The van der Waals surface area contributed by atoms with E-state index in [9.17, 15) is 0 Å². The summed E-state index contributed by atoms with van der Waals surface area (Å²) < 4.78 is 5.54. The molecule has 0 heterocycles. The Bertz CT molecular complexity index is 652. The molecule has 0 aliphatic carbocycles. The molecule has 3 heteroatoms. The highest BCUT2D eigenvalue weighted by atomic mass is 35.5. The van der Waals surface area contributed by atoms with Gasteiger partial charge in [0.05, 0.1) is 7.11 Å². The van der Waals surface area contributed by atoms with Gasteiger partial charge in [-0.15, -0.1) is 0 Å². The standard InChI is InChI=1S/C18H22ClNO/c1-11-8-12(2)18(17(9-11)21-5)14-6-7-15(13(3)20-4)16(19)10-14/h6-10,13,20H,1-5H3. The Labute approximate surface area is 132 Å². The van der Waals surface area contributed by atoms with E-state index in [1.807, 2.05) is 13.1 Å². The maximum absolute atomic E-state index is 6.45. The fourth-order valence-electron chi connectivity index (χ4n) is 2.65. The van der Waals surface area contributed by atoms with Gasteiger partial charge in [-0.05, 0) is 62.2 Å². The molecule has 0 spiro atoms. The number of aryl methyl sites for hydroxylation is 2. The third-order valence-corrected chi connectivity index (χ3v) is 4.18. The first kappa shape index (κ1) is 15.9. The summed E-state index contributed by atoms with van der Waals surface area (Å²) in [4.78, 5) is 0. The average molecular weight is 304 g/mol.